The van der Waals surface area contributed by atoms with Crippen LogP contribution in [-0.4, -0.2) is 11.2 Å². The van der Waals surface area contributed by atoms with Crippen molar-refractivity contribution < 1.29 is 4.84 Å². The SMILES string of the molecule is C1=NOCc2c1ccc1cccnc21. The second-order valence-electron chi connectivity index (χ2n) is 3.22. The number of rotatable bonds is 0. The van der Waals surface area contributed by atoms with Gasteiger partial charge in [0.15, 0.2) is 0 Å². The summed E-state index contributed by atoms with van der Waals surface area (Å²) < 4.78 is 0. The van der Waals surface area contributed by atoms with E-state index in [4.69, 9.17) is 4.84 Å². The number of hydrogen-bond acceptors (Lipinski definition) is 3. The van der Waals surface area contributed by atoms with E-state index in [-0.39, 0.29) is 0 Å². The summed E-state index contributed by atoms with van der Waals surface area (Å²) in [6.45, 7) is 0.514. The van der Waals surface area contributed by atoms with E-state index in [1.54, 1.807) is 12.4 Å². The average Bonchev–Trinajstić information content (AvgIpc) is 2.29. The third-order valence-corrected chi connectivity index (χ3v) is 2.39. The Morgan fingerprint density at radius 3 is 3.21 bits per heavy atom. The maximum atomic E-state index is 5.03. The van der Waals surface area contributed by atoms with E-state index < -0.39 is 0 Å². The highest BCUT2D eigenvalue weighted by Crippen LogP contribution is 2.22. The fourth-order valence-electron chi connectivity index (χ4n) is 1.69. The topological polar surface area (TPSA) is 34.5 Å². The summed E-state index contributed by atoms with van der Waals surface area (Å²) in [5.74, 6) is 0. The molecule has 0 saturated carbocycles. The second kappa shape index (κ2) is 2.80. The first-order valence-corrected chi connectivity index (χ1v) is 4.47. The van der Waals surface area contributed by atoms with Crippen LogP contribution in [0.15, 0.2) is 35.6 Å². The van der Waals surface area contributed by atoms with Crippen LogP contribution in [0.4, 0.5) is 0 Å². The Labute approximate surface area is 81.0 Å². The second-order valence-corrected chi connectivity index (χ2v) is 3.22. The minimum atomic E-state index is 0.514. The molecule has 3 nitrogen and oxygen atoms in total. The third-order valence-electron chi connectivity index (χ3n) is 2.39. The van der Waals surface area contributed by atoms with Crippen LogP contribution in [0.25, 0.3) is 10.9 Å². The zero-order chi connectivity index (χ0) is 9.38. The van der Waals surface area contributed by atoms with Crippen LogP contribution in [0.1, 0.15) is 11.1 Å². The molecule has 0 atom stereocenters. The molecular formula is C11H8N2O. The predicted octanol–water partition coefficient (Wildman–Crippen LogP) is 2.10. The standard InChI is InChI=1S/C11H8N2O/c1-2-8-3-4-9-6-13-14-7-10(9)11(8)12-5-1/h1-6H,7H2. The van der Waals surface area contributed by atoms with Gasteiger partial charge >= 0.3 is 0 Å². The fraction of sp³-hybridized carbons (Fsp3) is 0.0909. The Bertz CT molecular complexity index is 520. The molecule has 3 heteroatoms. The lowest BCUT2D eigenvalue weighted by atomic mass is 10.0. The summed E-state index contributed by atoms with van der Waals surface area (Å²) in [5, 5.41) is 4.92. The fourth-order valence-corrected chi connectivity index (χ4v) is 1.69. The van der Waals surface area contributed by atoms with E-state index in [2.05, 4.69) is 16.2 Å². The number of oxime groups is 1. The molecule has 0 aliphatic carbocycles. The average molecular weight is 184 g/mol. The summed E-state index contributed by atoms with van der Waals surface area (Å²) in [6, 6.07) is 8.09. The Morgan fingerprint density at radius 2 is 2.21 bits per heavy atom. The molecule has 0 amide bonds. The monoisotopic (exact) mass is 184 g/mol. The van der Waals surface area contributed by atoms with E-state index in [9.17, 15) is 0 Å². The molecule has 0 unspecified atom stereocenters. The molecule has 2 aromatic rings. The zero-order valence-corrected chi connectivity index (χ0v) is 7.47. The van der Waals surface area contributed by atoms with Gasteiger partial charge in [0.25, 0.3) is 0 Å². The van der Waals surface area contributed by atoms with E-state index in [0.717, 1.165) is 22.0 Å². The van der Waals surface area contributed by atoms with Gasteiger partial charge in [-0.3, -0.25) is 4.98 Å². The summed E-state index contributed by atoms with van der Waals surface area (Å²) in [5.41, 5.74) is 3.23. The lowest BCUT2D eigenvalue weighted by Crippen LogP contribution is -2.02. The third kappa shape index (κ3) is 0.988. The summed E-state index contributed by atoms with van der Waals surface area (Å²) >= 11 is 0. The van der Waals surface area contributed by atoms with Crippen LogP contribution >= 0.6 is 0 Å². The zero-order valence-electron chi connectivity index (χ0n) is 7.47. The molecule has 0 spiro atoms. The van der Waals surface area contributed by atoms with Gasteiger partial charge in [-0.2, -0.15) is 0 Å². The van der Waals surface area contributed by atoms with Gasteiger partial charge < -0.3 is 4.84 Å². The molecule has 0 fully saturated rings. The maximum Gasteiger partial charge on any atom is 0.145 e. The number of aromatic nitrogens is 1. The van der Waals surface area contributed by atoms with Crippen LogP contribution in [0.5, 0.6) is 0 Å². The highest BCUT2D eigenvalue weighted by atomic mass is 16.6. The van der Waals surface area contributed by atoms with Gasteiger partial charge in [0, 0.05) is 22.7 Å². The quantitative estimate of drug-likeness (QED) is 0.628. The van der Waals surface area contributed by atoms with Gasteiger partial charge in [-0.25, -0.2) is 0 Å². The predicted molar refractivity (Wildman–Crippen MR) is 54.1 cm³/mol. The molecule has 68 valence electrons. The van der Waals surface area contributed by atoms with Gasteiger partial charge in [-0.1, -0.05) is 23.4 Å². The summed E-state index contributed by atoms with van der Waals surface area (Å²) in [4.78, 5) is 9.39. The maximum absolute atomic E-state index is 5.03. The van der Waals surface area contributed by atoms with Gasteiger partial charge in [0.05, 0.1) is 11.7 Å². The smallest absolute Gasteiger partial charge is 0.145 e. The van der Waals surface area contributed by atoms with Gasteiger partial charge in [-0.05, 0) is 6.07 Å². The number of benzene rings is 1. The van der Waals surface area contributed by atoms with Crippen LogP contribution < -0.4 is 0 Å². The van der Waals surface area contributed by atoms with Crippen molar-refractivity contribution in [3.05, 3.63) is 41.6 Å². The molecule has 1 aliphatic rings. The minimum absolute atomic E-state index is 0.514. The molecule has 0 N–H and O–H groups in total. The Hall–Kier alpha value is -1.90. The molecule has 0 radical (unpaired) electrons. The van der Waals surface area contributed by atoms with Crippen LogP contribution in [-0.2, 0) is 11.4 Å². The normalized spacial score (nSPS) is 13.7. The van der Waals surface area contributed by atoms with Crippen LogP contribution in [0.2, 0.25) is 0 Å². The summed E-state index contributed by atoms with van der Waals surface area (Å²) in [6.07, 6.45) is 3.53. The molecule has 14 heavy (non-hydrogen) atoms. The van der Waals surface area contributed by atoms with E-state index >= 15 is 0 Å². The van der Waals surface area contributed by atoms with Crippen LogP contribution in [0.3, 0.4) is 0 Å². The molecule has 0 saturated heterocycles. The minimum Gasteiger partial charge on any atom is -0.391 e. The van der Waals surface area contributed by atoms with E-state index in [1.165, 1.54) is 0 Å². The number of fused-ring (bicyclic) bond motifs is 3. The first-order valence-electron chi connectivity index (χ1n) is 4.47. The number of nitrogens with zero attached hydrogens (tertiary/aromatic N) is 2. The molecule has 1 aromatic carbocycles. The molecule has 2 heterocycles. The van der Waals surface area contributed by atoms with Crippen molar-refractivity contribution >= 4 is 17.1 Å². The van der Waals surface area contributed by atoms with Gasteiger partial charge in [0.1, 0.15) is 6.61 Å². The largest absolute Gasteiger partial charge is 0.391 e. The first-order chi connectivity index (χ1) is 6.95. The highest BCUT2D eigenvalue weighted by Gasteiger charge is 2.10. The van der Waals surface area contributed by atoms with Crippen molar-refractivity contribution in [2.75, 3.05) is 0 Å². The highest BCUT2D eigenvalue weighted by molar-refractivity contribution is 5.92. The molecule has 1 aromatic heterocycles. The summed E-state index contributed by atoms with van der Waals surface area (Å²) in [7, 11) is 0. The van der Waals surface area contributed by atoms with Crippen LogP contribution in [0, 0.1) is 0 Å². The Morgan fingerprint density at radius 1 is 1.21 bits per heavy atom. The Balaban J connectivity index is 2.41. The first kappa shape index (κ1) is 7.50. The molecule has 3 rings (SSSR count). The molecule has 0 bridgehead atoms. The Kier molecular flexibility index (Phi) is 1.50. The molecule has 1 aliphatic heterocycles. The van der Waals surface area contributed by atoms with Crippen molar-refractivity contribution in [1.29, 1.82) is 0 Å². The van der Waals surface area contributed by atoms with Gasteiger partial charge in [0.2, 0.25) is 0 Å². The van der Waals surface area contributed by atoms with E-state index in [1.807, 2.05) is 18.2 Å². The lowest BCUT2D eigenvalue weighted by Gasteiger charge is -2.11. The van der Waals surface area contributed by atoms with E-state index in [0.29, 0.717) is 6.61 Å². The van der Waals surface area contributed by atoms with Crippen molar-refractivity contribution in [2.24, 2.45) is 5.16 Å². The lowest BCUT2D eigenvalue weighted by molar-refractivity contribution is 0.129. The van der Waals surface area contributed by atoms with Crippen molar-refractivity contribution in [3.8, 4) is 0 Å². The van der Waals surface area contributed by atoms with Gasteiger partial charge in [-0.15, -0.1) is 0 Å². The number of pyridine rings is 1. The van der Waals surface area contributed by atoms with Crippen molar-refractivity contribution in [3.63, 3.8) is 0 Å². The van der Waals surface area contributed by atoms with Crippen molar-refractivity contribution in [1.82, 2.24) is 4.98 Å². The molecular weight excluding hydrogens is 176 g/mol. The van der Waals surface area contributed by atoms with Crippen molar-refractivity contribution in [2.45, 2.75) is 6.61 Å². The number of hydrogen-bond donors (Lipinski definition) is 0.